The lowest BCUT2D eigenvalue weighted by Gasteiger charge is -2.37. The summed E-state index contributed by atoms with van der Waals surface area (Å²) in [5, 5.41) is 1.86. The number of ether oxygens (including phenoxy) is 2. The molecule has 1 aliphatic rings. The molecule has 1 fully saturated rings. The van der Waals surface area contributed by atoms with E-state index in [1.807, 2.05) is 71.9 Å². The first kappa shape index (κ1) is 34.6. The minimum absolute atomic E-state index is 0.0815. The van der Waals surface area contributed by atoms with E-state index in [9.17, 15) is 18.0 Å². The van der Waals surface area contributed by atoms with Gasteiger partial charge in [0.1, 0.15) is 11.2 Å². The van der Waals surface area contributed by atoms with Gasteiger partial charge in [-0.05, 0) is 90.1 Å². The number of carbonyl (C=O) groups is 2. The molecule has 0 bridgehead atoms. The summed E-state index contributed by atoms with van der Waals surface area (Å²) < 4.78 is 39.3. The van der Waals surface area contributed by atoms with Gasteiger partial charge in [-0.2, -0.15) is 0 Å². The smallest absolute Gasteiger partial charge is 0.410 e. The second-order valence-corrected chi connectivity index (χ2v) is 15.5. The third-order valence-electron chi connectivity index (χ3n) is 7.49. The fourth-order valence-corrected chi connectivity index (χ4v) is 6.50. The molecule has 0 spiro atoms. The Labute approximate surface area is 258 Å². The highest BCUT2D eigenvalue weighted by Crippen LogP contribution is 2.25. The number of fused-ring (bicyclic) bond motifs is 1. The van der Waals surface area contributed by atoms with E-state index in [1.54, 1.807) is 29.0 Å². The molecular formula is C33H51N3O6S. The van der Waals surface area contributed by atoms with Crippen molar-refractivity contribution in [2.75, 3.05) is 33.2 Å². The van der Waals surface area contributed by atoms with Crippen LogP contribution in [0.1, 0.15) is 86.5 Å². The molecule has 0 aliphatic heterocycles. The Balaban J connectivity index is 1.64. The van der Waals surface area contributed by atoms with Crippen molar-refractivity contribution in [2.24, 2.45) is 0 Å². The number of hydrogen-bond donors (Lipinski definition) is 0. The molecule has 0 saturated heterocycles. The first-order valence-corrected chi connectivity index (χ1v) is 16.9. The minimum Gasteiger partial charge on any atom is -0.444 e. The quantitative estimate of drug-likeness (QED) is 0.251. The van der Waals surface area contributed by atoms with E-state index >= 15 is 0 Å². The summed E-state index contributed by atoms with van der Waals surface area (Å²) >= 11 is 0. The van der Waals surface area contributed by atoms with E-state index in [-0.39, 0.29) is 17.0 Å². The largest absolute Gasteiger partial charge is 0.444 e. The Morgan fingerprint density at radius 1 is 0.767 bits per heavy atom. The summed E-state index contributed by atoms with van der Waals surface area (Å²) in [5.41, 5.74) is -1.29. The predicted octanol–water partition coefficient (Wildman–Crippen LogP) is 7.05. The monoisotopic (exact) mass is 617 g/mol. The average molecular weight is 618 g/mol. The number of rotatable bonds is 11. The zero-order valence-electron chi connectivity index (χ0n) is 27.1. The lowest BCUT2D eigenvalue weighted by atomic mass is 9.94. The number of amides is 2. The topological polar surface area (TPSA) is 96.5 Å². The normalized spacial score (nSPS) is 15.0. The maximum absolute atomic E-state index is 13.3. The van der Waals surface area contributed by atoms with Crippen molar-refractivity contribution < 1.29 is 27.5 Å². The average Bonchev–Trinajstić information content (AvgIpc) is 2.92. The summed E-state index contributed by atoms with van der Waals surface area (Å²) in [6, 6.07) is 12.9. The van der Waals surface area contributed by atoms with Crippen LogP contribution in [0.3, 0.4) is 0 Å². The molecule has 1 aliphatic carbocycles. The van der Waals surface area contributed by atoms with Gasteiger partial charge in [-0.15, -0.1) is 0 Å². The van der Waals surface area contributed by atoms with Crippen molar-refractivity contribution in [1.82, 2.24) is 14.1 Å². The van der Waals surface area contributed by atoms with Gasteiger partial charge >= 0.3 is 12.2 Å². The molecule has 0 heterocycles. The number of sulfonamides is 1. The van der Waals surface area contributed by atoms with Crippen LogP contribution in [0.25, 0.3) is 10.8 Å². The Bertz CT molecular complexity index is 1330. The van der Waals surface area contributed by atoms with Crippen LogP contribution < -0.4 is 0 Å². The van der Waals surface area contributed by atoms with Crippen LogP contribution in [-0.2, 0) is 19.5 Å². The lowest BCUT2D eigenvalue weighted by molar-refractivity contribution is 0.00363. The summed E-state index contributed by atoms with van der Waals surface area (Å²) in [7, 11) is -2.08. The highest BCUT2D eigenvalue weighted by atomic mass is 32.2. The fraction of sp³-hybridized carbons (Fsp3) is 0.636. The van der Waals surface area contributed by atoms with Crippen LogP contribution in [0.5, 0.6) is 0 Å². The third kappa shape index (κ3) is 10.7. The van der Waals surface area contributed by atoms with Gasteiger partial charge in [0, 0.05) is 39.3 Å². The maximum Gasteiger partial charge on any atom is 0.410 e. The third-order valence-corrected chi connectivity index (χ3v) is 9.34. The zero-order valence-corrected chi connectivity index (χ0v) is 27.9. The first-order valence-electron chi connectivity index (χ1n) is 15.5. The molecule has 2 aromatic carbocycles. The van der Waals surface area contributed by atoms with E-state index in [4.69, 9.17) is 9.47 Å². The van der Waals surface area contributed by atoms with E-state index in [0.29, 0.717) is 39.0 Å². The van der Waals surface area contributed by atoms with Crippen molar-refractivity contribution in [1.29, 1.82) is 0 Å². The Morgan fingerprint density at radius 3 is 1.98 bits per heavy atom. The zero-order chi connectivity index (χ0) is 31.8. The molecule has 0 radical (unpaired) electrons. The first-order chi connectivity index (χ1) is 20.1. The molecular weight excluding hydrogens is 566 g/mol. The highest BCUT2D eigenvalue weighted by molar-refractivity contribution is 7.89. The second-order valence-electron chi connectivity index (χ2n) is 13.5. The van der Waals surface area contributed by atoms with E-state index in [2.05, 4.69) is 0 Å². The van der Waals surface area contributed by atoms with Gasteiger partial charge < -0.3 is 19.3 Å². The molecule has 240 valence electrons. The summed E-state index contributed by atoms with van der Waals surface area (Å²) in [5.74, 6) is 0. The van der Waals surface area contributed by atoms with Gasteiger partial charge in [0.2, 0.25) is 10.0 Å². The second kappa shape index (κ2) is 14.8. The standard InChI is InChI=1S/C33H51N3O6S/c1-32(2,3)41-30(37)35(23-24-36(28-17-9-8-10-18-28)31(38)42-33(4,5)6)22-14-13-21-34(7)43(39,40)29-20-19-26-15-11-12-16-27(26)25-29/h11-12,15-16,19-20,25,28H,8-10,13-14,17-18,21-24H2,1-7H3. The molecule has 2 amide bonds. The van der Waals surface area contributed by atoms with E-state index in [0.717, 1.165) is 42.9 Å². The molecule has 3 rings (SSSR count). The highest BCUT2D eigenvalue weighted by Gasteiger charge is 2.31. The van der Waals surface area contributed by atoms with Gasteiger partial charge in [0.25, 0.3) is 0 Å². The van der Waals surface area contributed by atoms with Gasteiger partial charge in [-0.25, -0.2) is 22.3 Å². The molecule has 0 N–H and O–H groups in total. The number of nitrogens with zero attached hydrogens (tertiary/aromatic N) is 3. The predicted molar refractivity (Wildman–Crippen MR) is 171 cm³/mol. The number of carbonyl (C=O) groups excluding carboxylic acids is 2. The molecule has 0 atom stereocenters. The summed E-state index contributed by atoms with van der Waals surface area (Å²) in [6.07, 6.45) is 5.46. The van der Waals surface area contributed by atoms with Crippen molar-refractivity contribution in [3.05, 3.63) is 42.5 Å². The maximum atomic E-state index is 13.3. The Morgan fingerprint density at radius 2 is 1.35 bits per heavy atom. The van der Waals surface area contributed by atoms with Gasteiger partial charge in [-0.3, -0.25) is 0 Å². The van der Waals surface area contributed by atoms with Gasteiger partial charge in [-0.1, -0.05) is 49.6 Å². The van der Waals surface area contributed by atoms with Crippen LogP contribution >= 0.6 is 0 Å². The molecule has 9 nitrogen and oxygen atoms in total. The molecule has 2 aromatic rings. The van der Waals surface area contributed by atoms with Crippen molar-refractivity contribution in [2.45, 2.75) is 109 Å². The van der Waals surface area contributed by atoms with Crippen LogP contribution in [-0.4, -0.2) is 85.2 Å². The SMILES string of the molecule is CN(CCCCN(CCN(C(=O)OC(C)(C)C)C1CCCCC1)C(=O)OC(C)(C)C)S(=O)(=O)c1ccc2ccccc2c1. The molecule has 0 aromatic heterocycles. The fourth-order valence-electron chi connectivity index (χ4n) is 5.25. The van der Waals surface area contributed by atoms with Crippen LogP contribution in [0.2, 0.25) is 0 Å². The van der Waals surface area contributed by atoms with Crippen LogP contribution in [0.15, 0.2) is 47.4 Å². The Hall–Kier alpha value is -2.85. The van der Waals surface area contributed by atoms with Crippen molar-refractivity contribution in [3.8, 4) is 0 Å². The molecule has 43 heavy (non-hydrogen) atoms. The van der Waals surface area contributed by atoms with Gasteiger partial charge in [0.05, 0.1) is 4.90 Å². The molecule has 1 saturated carbocycles. The number of unbranched alkanes of at least 4 members (excludes halogenated alkanes) is 1. The van der Waals surface area contributed by atoms with Gasteiger partial charge in [0.15, 0.2) is 0 Å². The van der Waals surface area contributed by atoms with Crippen molar-refractivity contribution in [3.63, 3.8) is 0 Å². The molecule has 0 unspecified atom stereocenters. The summed E-state index contributed by atoms with van der Waals surface area (Å²) in [4.78, 5) is 30.1. The van der Waals surface area contributed by atoms with E-state index < -0.39 is 27.3 Å². The van der Waals surface area contributed by atoms with E-state index in [1.165, 1.54) is 4.31 Å². The van der Waals surface area contributed by atoms with Crippen molar-refractivity contribution >= 4 is 33.0 Å². The number of benzene rings is 2. The van der Waals surface area contributed by atoms with Crippen LogP contribution in [0, 0.1) is 0 Å². The minimum atomic E-state index is -3.66. The summed E-state index contributed by atoms with van der Waals surface area (Å²) in [6.45, 7) is 12.4. The lowest BCUT2D eigenvalue weighted by Crippen LogP contribution is -2.49. The van der Waals surface area contributed by atoms with Crippen LogP contribution in [0.4, 0.5) is 9.59 Å². The number of hydrogen-bond acceptors (Lipinski definition) is 6. The Kier molecular flexibility index (Phi) is 11.9. The molecule has 10 heteroatoms.